The monoisotopic (exact) mass is 420 g/mol. The lowest BCUT2D eigenvalue weighted by molar-refractivity contribution is -0.141. The van der Waals surface area contributed by atoms with Crippen molar-refractivity contribution in [2.75, 3.05) is 13.7 Å². The van der Waals surface area contributed by atoms with E-state index in [1.807, 2.05) is 13.1 Å². The highest BCUT2D eigenvalue weighted by molar-refractivity contribution is 6.00. The van der Waals surface area contributed by atoms with Crippen LogP contribution in [0.25, 0.3) is 5.65 Å². The maximum atomic E-state index is 12.7. The molecule has 0 radical (unpaired) electrons. The van der Waals surface area contributed by atoms with E-state index in [1.165, 1.54) is 7.11 Å². The zero-order chi connectivity index (χ0) is 22.3. The highest BCUT2D eigenvalue weighted by Gasteiger charge is 2.38. The van der Waals surface area contributed by atoms with Crippen molar-refractivity contribution in [3.63, 3.8) is 0 Å². The molecule has 3 rings (SSSR count). The Labute approximate surface area is 172 Å². The summed E-state index contributed by atoms with van der Waals surface area (Å²) in [6, 6.07) is 2.86. The molecule has 1 aliphatic carbocycles. The van der Waals surface area contributed by atoms with Crippen LogP contribution in [0.3, 0.4) is 0 Å². The van der Waals surface area contributed by atoms with Crippen molar-refractivity contribution in [3.8, 4) is 0 Å². The number of nitrogens with zero attached hydrogens (tertiary/aromatic N) is 2. The lowest BCUT2D eigenvalue weighted by Crippen LogP contribution is -2.40. The van der Waals surface area contributed by atoms with Gasteiger partial charge in [0.05, 0.1) is 30.5 Å². The number of esters is 1. The second-order valence-corrected chi connectivity index (χ2v) is 6.75. The minimum atomic E-state index is -0.843. The van der Waals surface area contributed by atoms with Crippen LogP contribution in [0.1, 0.15) is 28.9 Å². The molecule has 11 nitrogen and oxygen atoms in total. The van der Waals surface area contributed by atoms with Crippen molar-refractivity contribution in [2.45, 2.75) is 31.9 Å². The largest absolute Gasteiger partial charge is 0.483 e. The summed E-state index contributed by atoms with van der Waals surface area (Å²) in [6.45, 7) is 1.37. The van der Waals surface area contributed by atoms with Crippen LogP contribution in [0, 0.1) is 12.8 Å². The zero-order valence-electron chi connectivity index (χ0n) is 16.6. The Morgan fingerprint density at radius 2 is 2.07 bits per heavy atom. The van der Waals surface area contributed by atoms with Crippen molar-refractivity contribution in [1.29, 1.82) is 0 Å². The number of methoxy groups -OCH3 is 1. The number of aliphatic hydroxyl groups excluding tert-OH is 1. The maximum Gasteiger partial charge on any atom is 0.325 e. The average Bonchev–Trinajstić information content (AvgIpc) is 3.27. The first kappa shape index (κ1) is 22.8. The highest BCUT2D eigenvalue weighted by atomic mass is 16.5. The maximum absolute atomic E-state index is 12.7. The van der Waals surface area contributed by atoms with Crippen LogP contribution >= 0.6 is 0 Å². The topological polar surface area (TPSA) is 159 Å². The summed E-state index contributed by atoms with van der Waals surface area (Å²) in [5.74, 6) is -1.73. The Balaban J connectivity index is 0.00000101. The van der Waals surface area contributed by atoms with E-state index in [0.29, 0.717) is 11.2 Å². The Hall–Kier alpha value is -3.47. The summed E-state index contributed by atoms with van der Waals surface area (Å²) in [5.41, 5.74) is 1.72. The average molecular weight is 420 g/mol. The van der Waals surface area contributed by atoms with Crippen LogP contribution in [0.4, 0.5) is 0 Å². The van der Waals surface area contributed by atoms with Gasteiger partial charge in [-0.1, -0.05) is 0 Å². The Morgan fingerprint density at radius 3 is 2.73 bits per heavy atom. The van der Waals surface area contributed by atoms with E-state index in [9.17, 15) is 19.5 Å². The van der Waals surface area contributed by atoms with Gasteiger partial charge >= 0.3 is 5.97 Å². The van der Waals surface area contributed by atoms with Gasteiger partial charge in [-0.05, 0) is 31.9 Å². The lowest BCUT2D eigenvalue weighted by Gasteiger charge is -2.16. The van der Waals surface area contributed by atoms with E-state index in [1.54, 1.807) is 22.7 Å². The molecule has 2 aromatic heterocycles. The molecule has 0 aromatic carbocycles. The predicted octanol–water partition coefficient (Wildman–Crippen LogP) is -0.498. The van der Waals surface area contributed by atoms with Gasteiger partial charge in [-0.3, -0.25) is 19.2 Å². The molecule has 1 aliphatic rings. The minimum Gasteiger partial charge on any atom is -0.483 e. The molecule has 3 atom stereocenters. The number of hydrogen-bond acceptors (Lipinski definition) is 7. The SMILES string of the molecule is COC(=O)CNC(=O)[C@@H]1C[C@@H](O)[C@H](NC(=O)c2cccn3cc(C)nc23)C1.O=CO. The van der Waals surface area contributed by atoms with Gasteiger partial charge in [0.15, 0.2) is 0 Å². The normalized spacial score (nSPS) is 20.0. The molecule has 4 N–H and O–H groups in total. The number of carbonyl (C=O) groups excluding carboxylic acids is 3. The molecule has 1 fully saturated rings. The molecular formula is C19H24N4O7. The third-order valence-electron chi connectivity index (χ3n) is 4.70. The van der Waals surface area contributed by atoms with Gasteiger partial charge < -0.3 is 30.0 Å². The quantitative estimate of drug-likeness (QED) is 0.372. The molecule has 30 heavy (non-hydrogen) atoms. The zero-order valence-corrected chi connectivity index (χ0v) is 16.6. The molecule has 0 spiro atoms. The number of carbonyl (C=O) groups is 4. The second-order valence-electron chi connectivity index (χ2n) is 6.75. The third kappa shape index (κ3) is 5.54. The number of carboxylic acid groups (broad SMARTS) is 1. The molecule has 0 unspecified atom stereocenters. The molecule has 2 heterocycles. The third-order valence-corrected chi connectivity index (χ3v) is 4.70. The van der Waals surface area contributed by atoms with Gasteiger partial charge in [0.2, 0.25) is 5.91 Å². The number of ether oxygens (including phenoxy) is 1. The molecule has 162 valence electrons. The fourth-order valence-electron chi connectivity index (χ4n) is 3.32. The minimum absolute atomic E-state index is 0.213. The summed E-state index contributed by atoms with van der Waals surface area (Å²) in [6.07, 6.45) is 3.28. The molecule has 2 aromatic rings. The number of nitrogens with one attached hydrogen (secondary N) is 2. The van der Waals surface area contributed by atoms with E-state index in [4.69, 9.17) is 9.90 Å². The lowest BCUT2D eigenvalue weighted by atomic mass is 10.1. The number of aromatic nitrogens is 2. The number of amides is 2. The Kier molecular flexibility index (Phi) is 7.87. The predicted molar refractivity (Wildman–Crippen MR) is 104 cm³/mol. The summed E-state index contributed by atoms with van der Waals surface area (Å²) in [5, 5.41) is 22.4. The van der Waals surface area contributed by atoms with Crippen molar-refractivity contribution in [1.82, 2.24) is 20.0 Å². The van der Waals surface area contributed by atoms with Crippen molar-refractivity contribution in [3.05, 3.63) is 35.8 Å². The summed E-state index contributed by atoms with van der Waals surface area (Å²) < 4.78 is 6.24. The molecule has 11 heteroatoms. The van der Waals surface area contributed by atoms with Crippen LogP contribution in [0.2, 0.25) is 0 Å². The van der Waals surface area contributed by atoms with E-state index >= 15 is 0 Å². The van der Waals surface area contributed by atoms with Crippen LogP contribution in [0.15, 0.2) is 24.5 Å². The van der Waals surface area contributed by atoms with Crippen molar-refractivity contribution in [2.24, 2.45) is 5.92 Å². The number of aryl methyl sites for hydroxylation is 1. The number of rotatable bonds is 5. The van der Waals surface area contributed by atoms with Gasteiger partial charge in [-0.2, -0.15) is 0 Å². The van der Waals surface area contributed by atoms with E-state index in [2.05, 4.69) is 20.4 Å². The standard InChI is InChI=1S/C18H22N4O5.CH2O2/c1-10-9-22-5-3-4-12(16(22)20-10)18(26)21-13-6-11(7-14(13)23)17(25)19-8-15(24)27-2;2-1-3/h3-5,9,11,13-14,23H,6-8H2,1-2H3,(H,19,25)(H,21,26);1H,(H,2,3)/t11-,13+,14+;/m0./s1. The highest BCUT2D eigenvalue weighted by Crippen LogP contribution is 2.27. The molecule has 0 aliphatic heterocycles. The van der Waals surface area contributed by atoms with Crippen LogP contribution in [-0.2, 0) is 19.1 Å². The summed E-state index contributed by atoms with van der Waals surface area (Å²) >= 11 is 0. The molecule has 2 amide bonds. The Morgan fingerprint density at radius 1 is 1.37 bits per heavy atom. The fourth-order valence-corrected chi connectivity index (χ4v) is 3.32. The van der Waals surface area contributed by atoms with E-state index < -0.39 is 24.0 Å². The first-order chi connectivity index (χ1) is 14.3. The van der Waals surface area contributed by atoms with Gasteiger partial charge in [-0.25, -0.2) is 4.98 Å². The molecular weight excluding hydrogens is 396 g/mol. The van der Waals surface area contributed by atoms with E-state index in [-0.39, 0.29) is 37.7 Å². The second kappa shape index (κ2) is 10.3. The van der Waals surface area contributed by atoms with Crippen LogP contribution in [0.5, 0.6) is 0 Å². The van der Waals surface area contributed by atoms with Crippen LogP contribution in [-0.4, -0.2) is 69.7 Å². The number of hydrogen-bond donors (Lipinski definition) is 4. The van der Waals surface area contributed by atoms with Gasteiger partial charge in [0.25, 0.3) is 12.4 Å². The van der Waals surface area contributed by atoms with Crippen molar-refractivity contribution < 1.29 is 34.1 Å². The number of fused-ring (bicyclic) bond motifs is 1. The number of aliphatic hydroxyl groups is 1. The van der Waals surface area contributed by atoms with Crippen LogP contribution < -0.4 is 10.6 Å². The first-order valence-corrected chi connectivity index (χ1v) is 9.16. The van der Waals surface area contributed by atoms with Gasteiger partial charge in [0.1, 0.15) is 12.2 Å². The number of imidazole rings is 1. The molecule has 0 bridgehead atoms. The first-order valence-electron chi connectivity index (χ1n) is 9.16. The number of pyridine rings is 1. The Bertz CT molecular complexity index is 927. The van der Waals surface area contributed by atoms with Crippen molar-refractivity contribution >= 4 is 29.9 Å². The van der Waals surface area contributed by atoms with Gasteiger partial charge in [-0.15, -0.1) is 0 Å². The van der Waals surface area contributed by atoms with E-state index in [0.717, 1.165) is 5.69 Å². The summed E-state index contributed by atoms with van der Waals surface area (Å²) in [7, 11) is 1.24. The smallest absolute Gasteiger partial charge is 0.325 e. The molecule has 0 saturated heterocycles. The summed E-state index contributed by atoms with van der Waals surface area (Å²) in [4.78, 5) is 48.6. The fraction of sp³-hybridized carbons (Fsp3) is 0.421. The van der Waals surface area contributed by atoms with Gasteiger partial charge in [0, 0.05) is 18.3 Å². The molecule has 1 saturated carbocycles.